The van der Waals surface area contributed by atoms with Crippen LogP contribution in [-0.4, -0.2) is 50.8 Å². The van der Waals surface area contributed by atoms with Gasteiger partial charge in [0, 0.05) is 47.8 Å². The maximum atomic E-state index is 12.3. The molecule has 1 aromatic carbocycles. The van der Waals surface area contributed by atoms with Crippen molar-refractivity contribution in [3.05, 3.63) is 42.9 Å². The summed E-state index contributed by atoms with van der Waals surface area (Å²) in [5.41, 5.74) is 4.44. The fourth-order valence-corrected chi connectivity index (χ4v) is 4.57. The Balaban J connectivity index is 1.42. The fraction of sp³-hybridized carbons (Fsp3) is 0.360. The monoisotopic (exact) mass is 458 g/mol. The van der Waals surface area contributed by atoms with Crippen LogP contribution in [0.2, 0.25) is 0 Å². The van der Waals surface area contributed by atoms with Crippen molar-refractivity contribution in [1.29, 1.82) is 0 Å². The number of fused-ring (bicyclic) bond motifs is 1. The van der Waals surface area contributed by atoms with Gasteiger partial charge in [0.2, 0.25) is 5.91 Å². The number of methoxy groups -OCH3 is 1. The van der Waals surface area contributed by atoms with Gasteiger partial charge < -0.3 is 14.8 Å². The van der Waals surface area contributed by atoms with Crippen molar-refractivity contribution >= 4 is 22.6 Å². The van der Waals surface area contributed by atoms with Crippen LogP contribution in [0.3, 0.4) is 0 Å². The first-order chi connectivity index (χ1) is 16.6. The van der Waals surface area contributed by atoms with E-state index in [4.69, 9.17) is 14.6 Å². The highest BCUT2D eigenvalue weighted by Crippen LogP contribution is 2.41. The summed E-state index contributed by atoms with van der Waals surface area (Å²) in [4.78, 5) is 16.7. The van der Waals surface area contributed by atoms with Gasteiger partial charge in [0.15, 0.2) is 0 Å². The van der Waals surface area contributed by atoms with Gasteiger partial charge in [-0.05, 0) is 31.4 Å². The third kappa shape index (κ3) is 3.62. The zero-order chi connectivity index (χ0) is 23.2. The van der Waals surface area contributed by atoms with Crippen molar-refractivity contribution in [2.75, 3.05) is 25.6 Å². The zero-order valence-corrected chi connectivity index (χ0v) is 19.2. The van der Waals surface area contributed by atoms with Gasteiger partial charge in [0.25, 0.3) is 0 Å². The van der Waals surface area contributed by atoms with E-state index in [1.165, 1.54) is 0 Å². The molecule has 0 bridgehead atoms. The van der Waals surface area contributed by atoms with Crippen LogP contribution < -0.4 is 10.1 Å². The van der Waals surface area contributed by atoms with E-state index in [1.54, 1.807) is 18.0 Å². The summed E-state index contributed by atoms with van der Waals surface area (Å²) in [5.74, 6) is 1.40. The van der Waals surface area contributed by atoms with Crippen LogP contribution in [-0.2, 0) is 16.6 Å². The number of nitrogens with one attached hydrogen (secondary N) is 1. The van der Waals surface area contributed by atoms with Crippen LogP contribution in [0.5, 0.6) is 5.75 Å². The van der Waals surface area contributed by atoms with Crippen molar-refractivity contribution in [3.63, 3.8) is 0 Å². The number of ether oxygens (including phenoxy) is 2. The molecule has 4 aromatic rings. The van der Waals surface area contributed by atoms with Crippen molar-refractivity contribution in [2.45, 2.75) is 25.3 Å². The van der Waals surface area contributed by atoms with Crippen molar-refractivity contribution < 1.29 is 14.3 Å². The van der Waals surface area contributed by atoms with Gasteiger partial charge in [0.1, 0.15) is 17.3 Å². The number of para-hydroxylation sites is 1. The summed E-state index contributed by atoms with van der Waals surface area (Å²) < 4.78 is 15.2. The van der Waals surface area contributed by atoms with E-state index in [0.717, 1.165) is 64.9 Å². The molecule has 0 radical (unpaired) electrons. The van der Waals surface area contributed by atoms with Gasteiger partial charge in [-0.15, -0.1) is 0 Å². The van der Waals surface area contributed by atoms with Crippen molar-refractivity contribution in [2.24, 2.45) is 13.0 Å². The molecule has 1 saturated heterocycles. The van der Waals surface area contributed by atoms with Crippen LogP contribution in [0.15, 0.2) is 42.9 Å². The Hall–Kier alpha value is -3.72. The third-order valence-electron chi connectivity index (χ3n) is 6.60. The van der Waals surface area contributed by atoms with E-state index in [0.29, 0.717) is 12.4 Å². The van der Waals surface area contributed by atoms with Crippen LogP contribution in [0.4, 0.5) is 5.82 Å². The second-order valence-electron chi connectivity index (χ2n) is 8.94. The SMILES string of the molecule is COc1c(-c2cnn([C@@H]3CCOC3)c2)cccc1-c1nn(C)c2cnc(NC(=O)C3CC3)cc12. The zero-order valence-electron chi connectivity index (χ0n) is 19.2. The lowest BCUT2D eigenvalue weighted by atomic mass is 10.0. The largest absolute Gasteiger partial charge is 0.495 e. The standard InChI is InChI=1S/C25H26N6O3/c1-30-21-12-26-22(28-25(32)15-6-7-15)10-20(21)23(29-30)19-5-3-4-18(24(19)33-2)16-11-27-31(13-16)17-8-9-34-14-17/h3-5,10-13,15,17H,6-9,14H2,1-2H3,(H,26,28,32)/t17-/m1/s1. The number of nitrogens with zero attached hydrogens (tertiary/aromatic N) is 5. The quantitative estimate of drug-likeness (QED) is 0.472. The molecule has 1 aliphatic carbocycles. The number of hydrogen-bond acceptors (Lipinski definition) is 6. The van der Waals surface area contributed by atoms with Crippen LogP contribution in [0.1, 0.15) is 25.3 Å². The average Bonchev–Trinajstić information content (AvgIpc) is 3.22. The molecule has 3 aromatic heterocycles. The number of anilines is 1. The molecule has 1 amide bonds. The highest BCUT2D eigenvalue weighted by atomic mass is 16.5. The minimum Gasteiger partial charge on any atom is -0.495 e. The molecule has 1 saturated carbocycles. The second kappa shape index (κ2) is 8.25. The van der Waals surface area contributed by atoms with Gasteiger partial charge >= 0.3 is 0 Å². The summed E-state index contributed by atoms with van der Waals surface area (Å²) in [5, 5.41) is 13.2. The highest BCUT2D eigenvalue weighted by molar-refractivity contribution is 6.00. The molecule has 1 atom stereocenters. The average molecular weight is 459 g/mol. The maximum Gasteiger partial charge on any atom is 0.228 e. The predicted octanol–water partition coefficient (Wildman–Crippen LogP) is 3.82. The Kier molecular flexibility index (Phi) is 5.06. The minimum atomic E-state index is 0.0292. The molecule has 0 spiro atoms. The molecule has 1 aliphatic heterocycles. The van der Waals surface area contributed by atoms with Crippen LogP contribution in [0.25, 0.3) is 33.3 Å². The number of carbonyl (C=O) groups is 1. The maximum absolute atomic E-state index is 12.3. The van der Waals surface area contributed by atoms with E-state index in [1.807, 2.05) is 48.4 Å². The Morgan fingerprint density at radius 1 is 1.21 bits per heavy atom. The first-order valence-corrected chi connectivity index (χ1v) is 11.6. The molecule has 9 heteroatoms. The highest BCUT2D eigenvalue weighted by Gasteiger charge is 2.30. The van der Waals surface area contributed by atoms with Crippen molar-refractivity contribution in [1.82, 2.24) is 24.5 Å². The Morgan fingerprint density at radius 2 is 2.06 bits per heavy atom. The lowest BCUT2D eigenvalue weighted by Gasteiger charge is -2.12. The van der Waals surface area contributed by atoms with Gasteiger partial charge in [0.05, 0.1) is 37.7 Å². The first-order valence-electron chi connectivity index (χ1n) is 11.6. The summed E-state index contributed by atoms with van der Waals surface area (Å²) in [6.07, 6.45) is 8.52. The number of hydrogen-bond donors (Lipinski definition) is 1. The number of carbonyl (C=O) groups excluding carboxylic acids is 1. The Labute approximate surface area is 196 Å². The summed E-state index contributed by atoms with van der Waals surface area (Å²) in [6, 6.07) is 8.19. The van der Waals surface area contributed by atoms with Crippen LogP contribution >= 0.6 is 0 Å². The van der Waals surface area contributed by atoms with E-state index in [2.05, 4.69) is 15.4 Å². The predicted molar refractivity (Wildman–Crippen MR) is 128 cm³/mol. The molecule has 174 valence electrons. The summed E-state index contributed by atoms with van der Waals surface area (Å²) in [7, 11) is 3.56. The number of rotatable bonds is 6. The molecule has 4 heterocycles. The van der Waals surface area contributed by atoms with Gasteiger partial charge in [-0.3, -0.25) is 14.2 Å². The molecule has 2 aliphatic rings. The smallest absolute Gasteiger partial charge is 0.228 e. The topological polar surface area (TPSA) is 96.1 Å². The van der Waals surface area contributed by atoms with E-state index < -0.39 is 0 Å². The summed E-state index contributed by atoms with van der Waals surface area (Å²) >= 11 is 0. The van der Waals surface area contributed by atoms with Gasteiger partial charge in [-0.2, -0.15) is 10.2 Å². The summed E-state index contributed by atoms with van der Waals surface area (Å²) in [6.45, 7) is 1.45. The fourth-order valence-electron chi connectivity index (χ4n) is 4.57. The first kappa shape index (κ1) is 20.9. The van der Waals surface area contributed by atoms with Crippen LogP contribution in [0, 0.1) is 5.92 Å². The molecule has 0 unspecified atom stereocenters. The number of aryl methyl sites for hydroxylation is 1. The molecule has 1 N–H and O–H groups in total. The van der Waals surface area contributed by atoms with E-state index in [9.17, 15) is 4.79 Å². The Bertz CT molecular complexity index is 1380. The minimum absolute atomic E-state index is 0.0292. The molecular weight excluding hydrogens is 432 g/mol. The lowest BCUT2D eigenvalue weighted by molar-refractivity contribution is -0.117. The third-order valence-corrected chi connectivity index (χ3v) is 6.60. The number of benzene rings is 1. The normalized spacial score (nSPS) is 17.9. The molecule has 34 heavy (non-hydrogen) atoms. The molecule has 2 fully saturated rings. The second-order valence-corrected chi connectivity index (χ2v) is 8.94. The van der Waals surface area contributed by atoms with Crippen molar-refractivity contribution in [3.8, 4) is 28.1 Å². The Morgan fingerprint density at radius 3 is 2.82 bits per heavy atom. The molecule has 6 rings (SSSR count). The molecule has 9 nitrogen and oxygen atoms in total. The van der Waals surface area contributed by atoms with E-state index in [-0.39, 0.29) is 17.9 Å². The lowest BCUT2D eigenvalue weighted by Crippen LogP contribution is -2.14. The van der Waals surface area contributed by atoms with Gasteiger partial charge in [-0.25, -0.2) is 4.98 Å². The number of aromatic nitrogens is 5. The van der Waals surface area contributed by atoms with Gasteiger partial charge in [-0.1, -0.05) is 12.1 Å². The van der Waals surface area contributed by atoms with E-state index >= 15 is 0 Å². The number of pyridine rings is 1. The number of amides is 1. The molecular formula is C25H26N6O3.